The zero-order valence-electron chi connectivity index (χ0n) is 17.7. The lowest BCUT2D eigenvalue weighted by Gasteiger charge is -2.32. The Kier molecular flexibility index (Phi) is 5.64. The molecular weight excluding hydrogens is 424 g/mol. The van der Waals surface area contributed by atoms with Crippen LogP contribution in [0.5, 0.6) is 0 Å². The maximum Gasteiger partial charge on any atom is 0.274 e. The molecule has 4 heterocycles. The Morgan fingerprint density at radius 1 is 1.12 bits per heavy atom. The minimum Gasteiger partial charge on any atom is -0.368 e. The van der Waals surface area contributed by atoms with Gasteiger partial charge >= 0.3 is 0 Å². The van der Waals surface area contributed by atoms with Crippen molar-refractivity contribution < 1.29 is 9.53 Å². The van der Waals surface area contributed by atoms with Crippen LogP contribution in [0.2, 0.25) is 5.02 Å². The number of halogens is 1. The number of carbonyl (C=O) groups is 1. The molecule has 0 radical (unpaired) electrons. The average Bonchev–Trinajstić information content (AvgIpc) is 3.26. The van der Waals surface area contributed by atoms with Crippen molar-refractivity contribution >= 4 is 23.2 Å². The maximum atomic E-state index is 13.2. The fourth-order valence-electron chi connectivity index (χ4n) is 4.04. The summed E-state index contributed by atoms with van der Waals surface area (Å²) in [5.74, 6) is -0.0892. The molecular formula is C25H23ClN4O2. The second-order valence-corrected chi connectivity index (χ2v) is 8.39. The molecule has 32 heavy (non-hydrogen) atoms. The van der Waals surface area contributed by atoms with Crippen molar-refractivity contribution in [2.45, 2.75) is 19.4 Å². The molecule has 5 rings (SSSR count). The molecule has 7 heteroatoms. The van der Waals surface area contributed by atoms with E-state index in [1.54, 1.807) is 11.1 Å². The summed E-state index contributed by atoms with van der Waals surface area (Å²) in [6.45, 7) is 3.41. The summed E-state index contributed by atoms with van der Waals surface area (Å²) >= 11 is 6.31. The molecule has 162 valence electrons. The lowest BCUT2D eigenvalue weighted by molar-refractivity contribution is -0.0249. The van der Waals surface area contributed by atoms with Crippen molar-refractivity contribution in [1.82, 2.24) is 19.3 Å². The standard InChI is InChI=1S/C25H23ClN4O2/c1-17-6-5-11-29-15-22(28-24(17)29)25(31)30-12-13-32-23(16-30)21-10-4-8-19(27-21)14-18-7-2-3-9-20(18)26/h2-11,15,23H,12-14,16H2,1H3/t23-/m0/s1. The Morgan fingerprint density at radius 2 is 2.00 bits per heavy atom. The monoisotopic (exact) mass is 446 g/mol. The van der Waals surface area contributed by atoms with Gasteiger partial charge in [0.1, 0.15) is 17.4 Å². The number of nitrogens with zero attached hydrogens (tertiary/aromatic N) is 4. The number of hydrogen-bond acceptors (Lipinski definition) is 4. The highest BCUT2D eigenvalue weighted by atomic mass is 35.5. The fraction of sp³-hybridized carbons (Fsp3) is 0.240. The number of hydrogen-bond donors (Lipinski definition) is 0. The number of rotatable bonds is 4. The number of pyridine rings is 2. The first-order valence-electron chi connectivity index (χ1n) is 10.6. The first-order valence-corrected chi connectivity index (χ1v) is 11.0. The molecule has 0 N–H and O–H groups in total. The van der Waals surface area contributed by atoms with Crippen LogP contribution in [-0.2, 0) is 11.2 Å². The maximum absolute atomic E-state index is 13.2. The van der Waals surface area contributed by atoms with Gasteiger partial charge in [0.05, 0.1) is 18.8 Å². The molecule has 1 saturated heterocycles. The van der Waals surface area contributed by atoms with Crippen molar-refractivity contribution in [2.75, 3.05) is 19.7 Å². The summed E-state index contributed by atoms with van der Waals surface area (Å²) in [6.07, 6.45) is 4.06. The summed E-state index contributed by atoms with van der Waals surface area (Å²) in [7, 11) is 0. The number of ether oxygens (including phenoxy) is 1. The van der Waals surface area contributed by atoms with Crippen LogP contribution in [0.1, 0.15) is 39.1 Å². The third kappa shape index (κ3) is 4.11. The van der Waals surface area contributed by atoms with E-state index in [2.05, 4.69) is 4.98 Å². The Hall–Kier alpha value is -3.22. The van der Waals surface area contributed by atoms with Crippen LogP contribution in [0.25, 0.3) is 5.65 Å². The number of benzene rings is 1. The molecule has 0 saturated carbocycles. The van der Waals surface area contributed by atoms with Crippen LogP contribution >= 0.6 is 11.6 Å². The zero-order chi connectivity index (χ0) is 22.1. The van der Waals surface area contributed by atoms with Gasteiger partial charge in [-0.15, -0.1) is 0 Å². The topological polar surface area (TPSA) is 59.7 Å². The number of aryl methyl sites for hydroxylation is 1. The molecule has 6 nitrogen and oxygen atoms in total. The highest BCUT2D eigenvalue weighted by Gasteiger charge is 2.28. The molecule has 1 aliphatic heterocycles. The summed E-state index contributed by atoms with van der Waals surface area (Å²) in [5.41, 5.74) is 5.04. The molecule has 1 atom stereocenters. The van der Waals surface area contributed by atoms with Crippen LogP contribution in [0.3, 0.4) is 0 Å². The molecule has 0 bridgehead atoms. The number of fused-ring (bicyclic) bond motifs is 1. The summed E-state index contributed by atoms with van der Waals surface area (Å²) < 4.78 is 7.87. The normalized spacial score (nSPS) is 16.4. The van der Waals surface area contributed by atoms with Crippen molar-refractivity contribution in [2.24, 2.45) is 0 Å². The largest absolute Gasteiger partial charge is 0.368 e. The Morgan fingerprint density at radius 3 is 2.84 bits per heavy atom. The third-order valence-corrected chi connectivity index (χ3v) is 6.11. The molecule has 1 aromatic carbocycles. The summed E-state index contributed by atoms with van der Waals surface area (Å²) in [5, 5.41) is 0.730. The molecule has 0 unspecified atom stereocenters. The van der Waals surface area contributed by atoms with Crippen LogP contribution in [-0.4, -0.2) is 44.9 Å². The van der Waals surface area contributed by atoms with E-state index < -0.39 is 0 Å². The minimum absolute atomic E-state index is 0.0892. The van der Waals surface area contributed by atoms with Gasteiger partial charge in [-0.1, -0.05) is 41.9 Å². The summed E-state index contributed by atoms with van der Waals surface area (Å²) in [4.78, 5) is 24.3. The van der Waals surface area contributed by atoms with Crippen LogP contribution in [0.15, 0.2) is 67.0 Å². The van der Waals surface area contributed by atoms with E-state index in [1.165, 1.54) is 0 Å². The van der Waals surface area contributed by atoms with E-state index in [-0.39, 0.29) is 12.0 Å². The Labute approximate surface area is 191 Å². The highest BCUT2D eigenvalue weighted by molar-refractivity contribution is 6.31. The van der Waals surface area contributed by atoms with Gasteiger partial charge in [0.2, 0.25) is 0 Å². The van der Waals surface area contributed by atoms with Crippen molar-refractivity contribution in [1.29, 1.82) is 0 Å². The van der Waals surface area contributed by atoms with E-state index in [0.717, 1.165) is 33.2 Å². The predicted octanol–water partition coefficient (Wildman–Crippen LogP) is 4.50. The van der Waals surface area contributed by atoms with E-state index >= 15 is 0 Å². The number of morpholine rings is 1. The molecule has 4 aromatic rings. The third-order valence-electron chi connectivity index (χ3n) is 5.74. The predicted molar refractivity (Wildman–Crippen MR) is 123 cm³/mol. The van der Waals surface area contributed by atoms with Gasteiger partial charge in [-0.3, -0.25) is 9.78 Å². The highest BCUT2D eigenvalue weighted by Crippen LogP contribution is 2.24. The lowest BCUT2D eigenvalue weighted by atomic mass is 10.1. The fourth-order valence-corrected chi connectivity index (χ4v) is 4.25. The molecule has 0 spiro atoms. The zero-order valence-corrected chi connectivity index (χ0v) is 18.5. The first kappa shape index (κ1) is 20.7. The van der Waals surface area contributed by atoms with Crippen LogP contribution in [0, 0.1) is 6.92 Å². The molecule has 1 fully saturated rings. The number of amides is 1. The molecule has 3 aromatic heterocycles. The smallest absolute Gasteiger partial charge is 0.274 e. The minimum atomic E-state index is -0.280. The first-order chi connectivity index (χ1) is 15.6. The van der Waals surface area contributed by atoms with Gasteiger partial charge in [0.25, 0.3) is 5.91 Å². The molecule has 0 aliphatic carbocycles. The van der Waals surface area contributed by atoms with Gasteiger partial charge in [-0.2, -0.15) is 0 Å². The summed E-state index contributed by atoms with van der Waals surface area (Å²) in [6, 6.07) is 17.6. The Bertz CT molecular complexity index is 1290. The number of imidazole rings is 1. The lowest BCUT2D eigenvalue weighted by Crippen LogP contribution is -2.42. The van der Waals surface area contributed by atoms with Gasteiger partial charge in [0, 0.05) is 36.1 Å². The van der Waals surface area contributed by atoms with Crippen molar-refractivity contribution in [3.8, 4) is 0 Å². The van der Waals surface area contributed by atoms with E-state index in [1.807, 2.05) is 72.1 Å². The second-order valence-electron chi connectivity index (χ2n) is 7.98. The molecule has 1 aliphatic rings. The van der Waals surface area contributed by atoms with Gasteiger partial charge in [-0.25, -0.2) is 4.98 Å². The van der Waals surface area contributed by atoms with E-state index in [4.69, 9.17) is 21.3 Å². The van der Waals surface area contributed by atoms with Crippen molar-refractivity contribution in [3.63, 3.8) is 0 Å². The average molecular weight is 447 g/mol. The van der Waals surface area contributed by atoms with Gasteiger partial charge < -0.3 is 14.0 Å². The van der Waals surface area contributed by atoms with Crippen LogP contribution in [0.4, 0.5) is 0 Å². The SMILES string of the molecule is Cc1cccn2cc(C(=O)N3CCO[C@H](c4cccc(Cc5ccccc5Cl)n4)C3)nc12. The quantitative estimate of drug-likeness (QED) is 0.463. The number of carbonyl (C=O) groups excluding carboxylic acids is 1. The van der Waals surface area contributed by atoms with E-state index in [0.29, 0.717) is 31.8 Å². The van der Waals surface area contributed by atoms with Crippen molar-refractivity contribution in [3.05, 3.63) is 100 Å². The van der Waals surface area contributed by atoms with Gasteiger partial charge in [0.15, 0.2) is 0 Å². The van der Waals surface area contributed by atoms with Gasteiger partial charge in [-0.05, 0) is 42.3 Å². The van der Waals surface area contributed by atoms with E-state index in [9.17, 15) is 4.79 Å². The Balaban J connectivity index is 1.34. The molecule has 1 amide bonds. The second kappa shape index (κ2) is 8.73. The number of aromatic nitrogens is 3. The van der Waals surface area contributed by atoms with Crippen LogP contribution < -0.4 is 0 Å².